The van der Waals surface area contributed by atoms with Gasteiger partial charge < -0.3 is 20.1 Å². The molecule has 1 heterocycles. The number of benzene rings is 1. The summed E-state index contributed by atoms with van der Waals surface area (Å²) in [6, 6.07) is 5.42. The predicted molar refractivity (Wildman–Crippen MR) is 89.4 cm³/mol. The second-order valence-electron chi connectivity index (χ2n) is 5.85. The Morgan fingerprint density at radius 2 is 2.14 bits per heavy atom. The lowest BCUT2D eigenvalue weighted by Gasteiger charge is -2.33. The van der Waals surface area contributed by atoms with E-state index in [-0.39, 0.29) is 5.75 Å². The molecular weight excluding hydrogens is 278 g/mol. The minimum Gasteiger partial charge on any atom is -0.504 e. The summed E-state index contributed by atoms with van der Waals surface area (Å²) in [6.07, 6.45) is 2.43. The van der Waals surface area contributed by atoms with Crippen LogP contribution in [-0.4, -0.2) is 42.7 Å². The van der Waals surface area contributed by atoms with Gasteiger partial charge in [0.15, 0.2) is 17.5 Å². The van der Waals surface area contributed by atoms with Crippen LogP contribution in [0.25, 0.3) is 0 Å². The number of piperidine rings is 1. The van der Waals surface area contributed by atoms with E-state index in [0.29, 0.717) is 12.3 Å². The molecule has 1 fully saturated rings. The van der Waals surface area contributed by atoms with Crippen LogP contribution in [0.5, 0.6) is 11.5 Å². The maximum absolute atomic E-state index is 9.84. The van der Waals surface area contributed by atoms with E-state index in [2.05, 4.69) is 24.1 Å². The number of phenolic OH excluding ortho intramolecular Hbond substituents is 1. The van der Waals surface area contributed by atoms with Crippen molar-refractivity contribution in [3.8, 4) is 11.5 Å². The van der Waals surface area contributed by atoms with Gasteiger partial charge in [0.25, 0.3) is 0 Å². The Hall–Kier alpha value is -1.91. The van der Waals surface area contributed by atoms with E-state index in [1.165, 1.54) is 12.8 Å². The summed E-state index contributed by atoms with van der Waals surface area (Å²) in [5.41, 5.74) is 0.971. The molecule has 0 amide bonds. The number of methoxy groups -OCH3 is 1. The molecule has 5 nitrogen and oxygen atoms in total. The van der Waals surface area contributed by atoms with Crippen molar-refractivity contribution in [1.29, 1.82) is 0 Å². The zero-order valence-electron chi connectivity index (χ0n) is 13.8. The molecule has 0 spiro atoms. The first-order valence-corrected chi connectivity index (χ1v) is 8.03. The zero-order valence-corrected chi connectivity index (χ0v) is 13.8. The molecule has 1 aliphatic heterocycles. The maximum Gasteiger partial charge on any atom is 0.194 e. The fourth-order valence-electron chi connectivity index (χ4n) is 2.65. The van der Waals surface area contributed by atoms with Gasteiger partial charge >= 0.3 is 0 Å². The predicted octanol–water partition coefficient (Wildman–Crippen LogP) is 2.60. The fourth-order valence-corrected chi connectivity index (χ4v) is 2.65. The summed E-state index contributed by atoms with van der Waals surface area (Å²) in [5.74, 6) is 2.42. The maximum atomic E-state index is 9.84. The van der Waals surface area contributed by atoms with Crippen LogP contribution in [0.15, 0.2) is 23.2 Å². The summed E-state index contributed by atoms with van der Waals surface area (Å²) in [7, 11) is 1.55. The second kappa shape index (κ2) is 7.92. The van der Waals surface area contributed by atoms with Crippen LogP contribution in [0.1, 0.15) is 32.3 Å². The van der Waals surface area contributed by atoms with Gasteiger partial charge in [0.1, 0.15) is 0 Å². The Balaban J connectivity index is 2.05. The topological polar surface area (TPSA) is 57.1 Å². The highest BCUT2D eigenvalue weighted by molar-refractivity contribution is 5.80. The van der Waals surface area contributed by atoms with E-state index in [1.54, 1.807) is 19.2 Å². The summed E-state index contributed by atoms with van der Waals surface area (Å²) >= 11 is 0. The van der Waals surface area contributed by atoms with E-state index in [1.807, 2.05) is 6.07 Å². The molecule has 0 atom stereocenters. The lowest BCUT2D eigenvalue weighted by Crippen LogP contribution is -2.45. The summed E-state index contributed by atoms with van der Waals surface area (Å²) < 4.78 is 5.06. The van der Waals surface area contributed by atoms with Gasteiger partial charge in [-0.2, -0.15) is 0 Å². The number of guanidine groups is 1. The normalized spacial score (nSPS) is 16.7. The van der Waals surface area contributed by atoms with Crippen molar-refractivity contribution in [3.63, 3.8) is 0 Å². The quantitative estimate of drug-likeness (QED) is 0.663. The van der Waals surface area contributed by atoms with Crippen molar-refractivity contribution in [3.05, 3.63) is 23.8 Å². The number of aromatic hydroxyl groups is 1. The zero-order chi connectivity index (χ0) is 15.9. The van der Waals surface area contributed by atoms with Crippen molar-refractivity contribution in [2.24, 2.45) is 10.9 Å². The molecule has 0 radical (unpaired) electrons. The minimum atomic E-state index is 0.159. The molecular formula is C17H27N3O2. The molecule has 1 aromatic rings. The van der Waals surface area contributed by atoms with Gasteiger partial charge in [0.2, 0.25) is 0 Å². The Bertz CT molecular complexity index is 509. The number of phenols is 1. The van der Waals surface area contributed by atoms with E-state index in [9.17, 15) is 5.11 Å². The number of rotatable bonds is 4. The highest BCUT2D eigenvalue weighted by Gasteiger charge is 2.18. The van der Waals surface area contributed by atoms with Gasteiger partial charge in [-0.3, -0.25) is 0 Å². The summed E-state index contributed by atoms with van der Waals surface area (Å²) in [5, 5.41) is 13.2. The van der Waals surface area contributed by atoms with Crippen molar-refractivity contribution < 1.29 is 9.84 Å². The van der Waals surface area contributed by atoms with E-state index in [0.717, 1.165) is 37.1 Å². The molecule has 0 unspecified atom stereocenters. The van der Waals surface area contributed by atoms with Crippen LogP contribution < -0.4 is 10.1 Å². The van der Waals surface area contributed by atoms with Crippen LogP contribution in [0.4, 0.5) is 0 Å². The Morgan fingerprint density at radius 3 is 2.73 bits per heavy atom. The highest BCUT2D eigenvalue weighted by Crippen LogP contribution is 2.26. The number of hydrogen-bond donors (Lipinski definition) is 2. The van der Waals surface area contributed by atoms with Crippen molar-refractivity contribution in [2.75, 3.05) is 26.7 Å². The molecule has 1 aromatic carbocycles. The average molecular weight is 305 g/mol. The molecule has 22 heavy (non-hydrogen) atoms. The molecule has 5 heteroatoms. The number of ether oxygens (including phenoxy) is 1. The van der Waals surface area contributed by atoms with Crippen LogP contribution in [0.3, 0.4) is 0 Å². The largest absolute Gasteiger partial charge is 0.504 e. The number of likely N-dealkylation sites (tertiary alicyclic amines) is 1. The van der Waals surface area contributed by atoms with Crippen molar-refractivity contribution in [2.45, 2.75) is 33.2 Å². The molecule has 0 saturated carbocycles. The third kappa shape index (κ3) is 4.29. The lowest BCUT2D eigenvalue weighted by atomic mass is 10.00. The smallest absolute Gasteiger partial charge is 0.194 e. The molecule has 0 bridgehead atoms. The van der Waals surface area contributed by atoms with E-state index < -0.39 is 0 Å². The Labute approximate surface area is 133 Å². The fraction of sp³-hybridized carbons (Fsp3) is 0.588. The van der Waals surface area contributed by atoms with Gasteiger partial charge in [-0.05, 0) is 43.4 Å². The molecule has 0 aromatic heterocycles. The SMILES string of the molecule is CCNC(=NCc1ccc(OC)c(O)c1)N1CCC(C)CC1. The van der Waals surface area contributed by atoms with E-state index in [4.69, 9.17) is 9.73 Å². The number of hydrogen-bond acceptors (Lipinski definition) is 3. The number of aliphatic imine (C=N–C) groups is 1. The monoisotopic (exact) mass is 305 g/mol. The van der Waals surface area contributed by atoms with Crippen molar-refractivity contribution >= 4 is 5.96 Å². The Kier molecular flexibility index (Phi) is 5.92. The first-order valence-electron chi connectivity index (χ1n) is 8.03. The molecule has 122 valence electrons. The lowest BCUT2D eigenvalue weighted by molar-refractivity contribution is 0.273. The van der Waals surface area contributed by atoms with Crippen LogP contribution in [0, 0.1) is 5.92 Å². The van der Waals surface area contributed by atoms with Crippen LogP contribution in [-0.2, 0) is 6.54 Å². The third-order valence-electron chi connectivity index (χ3n) is 4.07. The van der Waals surface area contributed by atoms with Crippen LogP contribution in [0.2, 0.25) is 0 Å². The standard InChI is InChI=1S/C17H27N3O2/c1-4-18-17(20-9-7-13(2)8-10-20)19-12-14-5-6-16(22-3)15(21)11-14/h5-6,11,13,21H,4,7-10,12H2,1-3H3,(H,18,19). The van der Waals surface area contributed by atoms with Gasteiger partial charge in [-0.1, -0.05) is 13.0 Å². The first-order chi connectivity index (χ1) is 10.6. The highest BCUT2D eigenvalue weighted by atomic mass is 16.5. The first kappa shape index (κ1) is 16.5. The van der Waals surface area contributed by atoms with Gasteiger partial charge in [0, 0.05) is 19.6 Å². The Morgan fingerprint density at radius 1 is 1.41 bits per heavy atom. The third-order valence-corrected chi connectivity index (χ3v) is 4.07. The van der Waals surface area contributed by atoms with Gasteiger partial charge in [-0.25, -0.2) is 4.99 Å². The molecule has 2 rings (SSSR count). The molecule has 0 aliphatic carbocycles. The van der Waals surface area contributed by atoms with Gasteiger partial charge in [-0.15, -0.1) is 0 Å². The van der Waals surface area contributed by atoms with Crippen LogP contribution >= 0.6 is 0 Å². The summed E-state index contributed by atoms with van der Waals surface area (Å²) in [4.78, 5) is 7.03. The average Bonchev–Trinajstić information content (AvgIpc) is 2.52. The minimum absolute atomic E-state index is 0.159. The number of nitrogens with one attached hydrogen (secondary N) is 1. The number of nitrogens with zero attached hydrogens (tertiary/aromatic N) is 2. The second-order valence-corrected chi connectivity index (χ2v) is 5.85. The van der Waals surface area contributed by atoms with Gasteiger partial charge in [0.05, 0.1) is 13.7 Å². The molecule has 1 aliphatic rings. The van der Waals surface area contributed by atoms with Crippen molar-refractivity contribution in [1.82, 2.24) is 10.2 Å². The summed E-state index contributed by atoms with van der Waals surface area (Å²) in [6.45, 7) is 7.91. The molecule has 2 N–H and O–H groups in total. The van der Waals surface area contributed by atoms with E-state index >= 15 is 0 Å². The molecule has 1 saturated heterocycles.